The highest BCUT2D eigenvalue weighted by Gasteiger charge is 2.30. The Balaban J connectivity index is 2.87. The van der Waals surface area contributed by atoms with Crippen LogP contribution >= 0.6 is 0 Å². The fourth-order valence-corrected chi connectivity index (χ4v) is 2.38. The SMILES string of the molecule is CCOC(C)(C)C(NC)c1ccc(OC(C)C)cc1. The van der Waals surface area contributed by atoms with E-state index in [9.17, 15) is 0 Å². The van der Waals surface area contributed by atoms with E-state index in [2.05, 4.69) is 31.3 Å². The highest BCUT2D eigenvalue weighted by atomic mass is 16.5. The second-order valence-electron chi connectivity index (χ2n) is 5.49. The Hall–Kier alpha value is -1.06. The lowest BCUT2D eigenvalue weighted by molar-refractivity contribution is -0.0375. The van der Waals surface area contributed by atoms with Crippen LogP contribution < -0.4 is 10.1 Å². The standard InChI is InChI=1S/C16H27NO2/c1-7-18-16(4,5)15(17-6)13-8-10-14(11-9-13)19-12(2)3/h8-12,15,17H,7H2,1-6H3. The van der Waals surface area contributed by atoms with Crippen LogP contribution in [0.1, 0.15) is 46.2 Å². The van der Waals surface area contributed by atoms with Gasteiger partial charge >= 0.3 is 0 Å². The topological polar surface area (TPSA) is 30.5 Å². The summed E-state index contributed by atoms with van der Waals surface area (Å²) in [4.78, 5) is 0. The molecule has 0 amide bonds. The predicted molar refractivity (Wildman–Crippen MR) is 79.7 cm³/mol. The van der Waals surface area contributed by atoms with Gasteiger partial charge in [0.05, 0.1) is 17.7 Å². The summed E-state index contributed by atoms with van der Waals surface area (Å²) in [6.45, 7) is 11.0. The van der Waals surface area contributed by atoms with E-state index in [1.54, 1.807) is 0 Å². The molecule has 0 aliphatic carbocycles. The van der Waals surface area contributed by atoms with Crippen molar-refractivity contribution in [3.05, 3.63) is 29.8 Å². The summed E-state index contributed by atoms with van der Waals surface area (Å²) in [6, 6.07) is 8.38. The summed E-state index contributed by atoms with van der Waals surface area (Å²) < 4.78 is 11.5. The average molecular weight is 265 g/mol. The van der Waals surface area contributed by atoms with E-state index in [-0.39, 0.29) is 17.7 Å². The van der Waals surface area contributed by atoms with E-state index in [0.717, 1.165) is 5.75 Å². The van der Waals surface area contributed by atoms with Crippen LogP contribution in [0.3, 0.4) is 0 Å². The third-order valence-corrected chi connectivity index (χ3v) is 3.09. The fourth-order valence-electron chi connectivity index (χ4n) is 2.38. The number of nitrogens with one attached hydrogen (secondary N) is 1. The first-order valence-corrected chi connectivity index (χ1v) is 6.98. The molecule has 0 radical (unpaired) electrons. The monoisotopic (exact) mass is 265 g/mol. The van der Waals surface area contributed by atoms with Gasteiger partial charge in [-0.05, 0) is 59.4 Å². The highest BCUT2D eigenvalue weighted by Crippen LogP contribution is 2.29. The number of ether oxygens (including phenoxy) is 2. The van der Waals surface area contributed by atoms with Gasteiger partial charge < -0.3 is 14.8 Å². The molecule has 1 unspecified atom stereocenters. The summed E-state index contributed by atoms with van der Waals surface area (Å²) in [7, 11) is 1.96. The van der Waals surface area contributed by atoms with Crippen LogP contribution in [0.15, 0.2) is 24.3 Å². The van der Waals surface area contributed by atoms with E-state index < -0.39 is 0 Å². The molecule has 1 N–H and O–H groups in total. The van der Waals surface area contributed by atoms with Crippen molar-refractivity contribution in [1.82, 2.24) is 5.32 Å². The van der Waals surface area contributed by atoms with Crippen LogP contribution in [-0.4, -0.2) is 25.4 Å². The number of hydrogen-bond donors (Lipinski definition) is 1. The normalized spacial score (nSPS) is 13.6. The van der Waals surface area contributed by atoms with Gasteiger partial charge in [-0.3, -0.25) is 0 Å². The summed E-state index contributed by atoms with van der Waals surface area (Å²) in [6.07, 6.45) is 0.200. The maximum Gasteiger partial charge on any atom is 0.119 e. The lowest BCUT2D eigenvalue weighted by Crippen LogP contribution is -2.40. The molecule has 3 heteroatoms. The molecule has 0 saturated carbocycles. The first-order chi connectivity index (χ1) is 8.90. The molecule has 19 heavy (non-hydrogen) atoms. The Morgan fingerprint density at radius 2 is 1.74 bits per heavy atom. The van der Waals surface area contributed by atoms with Gasteiger partial charge in [-0.25, -0.2) is 0 Å². The Labute approximate surface area is 117 Å². The number of likely N-dealkylation sites (N-methyl/N-ethyl adjacent to an activating group) is 1. The van der Waals surface area contributed by atoms with E-state index in [0.29, 0.717) is 6.61 Å². The quantitative estimate of drug-likeness (QED) is 0.818. The smallest absolute Gasteiger partial charge is 0.119 e. The van der Waals surface area contributed by atoms with Gasteiger partial charge in [0.15, 0.2) is 0 Å². The largest absolute Gasteiger partial charge is 0.491 e. The van der Waals surface area contributed by atoms with Crippen molar-refractivity contribution in [1.29, 1.82) is 0 Å². The molecule has 1 atom stereocenters. The molecule has 0 fully saturated rings. The van der Waals surface area contributed by atoms with E-state index in [1.165, 1.54) is 5.56 Å². The number of benzene rings is 1. The maximum atomic E-state index is 5.84. The van der Waals surface area contributed by atoms with Crippen LogP contribution in [0.2, 0.25) is 0 Å². The molecular weight excluding hydrogens is 238 g/mol. The van der Waals surface area contributed by atoms with Crippen LogP contribution in [0.5, 0.6) is 5.75 Å². The van der Waals surface area contributed by atoms with Gasteiger partial charge in [-0.1, -0.05) is 12.1 Å². The van der Waals surface area contributed by atoms with Crippen molar-refractivity contribution < 1.29 is 9.47 Å². The second-order valence-corrected chi connectivity index (χ2v) is 5.49. The van der Waals surface area contributed by atoms with Gasteiger partial charge in [0.1, 0.15) is 5.75 Å². The van der Waals surface area contributed by atoms with E-state index in [1.807, 2.05) is 40.0 Å². The summed E-state index contributed by atoms with van der Waals surface area (Å²) in [5, 5.41) is 3.34. The molecule has 108 valence electrons. The Morgan fingerprint density at radius 1 is 1.16 bits per heavy atom. The van der Waals surface area contributed by atoms with E-state index >= 15 is 0 Å². The lowest BCUT2D eigenvalue weighted by atomic mass is 9.91. The molecule has 1 aromatic rings. The molecule has 3 nitrogen and oxygen atoms in total. The molecule has 1 aromatic carbocycles. The van der Waals surface area contributed by atoms with Crippen molar-refractivity contribution in [2.24, 2.45) is 0 Å². The molecule has 0 bridgehead atoms. The van der Waals surface area contributed by atoms with Crippen LogP contribution in [-0.2, 0) is 4.74 Å². The zero-order valence-corrected chi connectivity index (χ0v) is 13.0. The van der Waals surface area contributed by atoms with Crippen LogP contribution in [0, 0.1) is 0 Å². The first-order valence-electron chi connectivity index (χ1n) is 6.98. The zero-order chi connectivity index (χ0) is 14.5. The van der Waals surface area contributed by atoms with Crippen molar-refractivity contribution in [2.45, 2.75) is 52.4 Å². The van der Waals surface area contributed by atoms with Crippen LogP contribution in [0.25, 0.3) is 0 Å². The third-order valence-electron chi connectivity index (χ3n) is 3.09. The van der Waals surface area contributed by atoms with Crippen molar-refractivity contribution in [3.63, 3.8) is 0 Å². The van der Waals surface area contributed by atoms with Crippen molar-refractivity contribution in [3.8, 4) is 5.75 Å². The molecule has 0 aromatic heterocycles. The predicted octanol–water partition coefficient (Wildman–Crippen LogP) is 3.55. The molecule has 0 aliphatic heterocycles. The first kappa shape index (κ1) is 16.0. The average Bonchev–Trinajstić information content (AvgIpc) is 2.31. The molecule has 0 saturated heterocycles. The maximum absolute atomic E-state index is 5.84. The molecule has 0 spiro atoms. The van der Waals surface area contributed by atoms with Crippen LogP contribution in [0.4, 0.5) is 0 Å². The second kappa shape index (κ2) is 6.92. The Kier molecular flexibility index (Phi) is 5.83. The minimum absolute atomic E-state index is 0.153. The number of rotatable bonds is 7. The highest BCUT2D eigenvalue weighted by molar-refractivity contribution is 5.30. The molecular formula is C16H27NO2. The van der Waals surface area contributed by atoms with Gasteiger partial charge in [-0.2, -0.15) is 0 Å². The molecule has 1 rings (SSSR count). The molecule has 0 aliphatic rings. The fraction of sp³-hybridized carbons (Fsp3) is 0.625. The minimum atomic E-state index is -0.246. The summed E-state index contributed by atoms with van der Waals surface area (Å²) in [5.41, 5.74) is 0.959. The summed E-state index contributed by atoms with van der Waals surface area (Å²) >= 11 is 0. The van der Waals surface area contributed by atoms with Gasteiger partial charge in [-0.15, -0.1) is 0 Å². The Morgan fingerprint density at radius 3 is 2.16 bits per heavy atom. The molecule has 0 heterocycles. The number of hydrogen-bond acceptors (Lipinski definition) is 3. The van der Waals surface area contributed by atoms with Crippen molar-refractivity contribution >= 4 is 0 Å². The third kappa shape index (κ3) is 4.51. The summed E-state index contributed by atoms with van der Waals surface area (Å²) in [5.74, 6) is 0.905. The van der Waals surface area contributed by atoms with Gasteiger partial charge in [0.2, 0.25) is 0 Å². The van der Waals surface area contributed by atoms with Crippen molar-refractivity contribution in [2.75, 3.05) is 13.7 Å². The lowest BCUT2D eigenvalue weighted by Gasteiger charge is -2.34. The van der Waals surface area contributed by atoms with Gasteiger partial charge in [0, 0.05) is 6.61 Å². The van der Waals surface area contributed by atoms with Gasteiger partial charge in [0.25, 0.3) is 0 Å². The van der Waals surface area contributed by atoms with E-state index in [4.69, 9.17) is 9.47 Å². The minimum Gasteiger partial charge on any atom is -0.491 e. The Bertz CT molecular complexity index is 371. The zero-order valence-electron chi connectivity index (χ0n) is 13.0.